The minimum atomic E-state index is 0.0969. The van der Waals surface area contributed by atoms with Gasteiger partial charge in [-0.1, -0.05) is 30.3 Å². The highest BCUT2D eigenvalue weighted by atomic mass is 32.1. The summed E-state index contributed by atoms with van der Waals surface area (Å²) in [6, 6.07) is 10.5. The normalized spacial score (nSPS) is 18.6. The lowest BCUT2D eigenvalue weighted by molar-refractivity contribution is -0.127. The molecule has 8 heteroatoms. The Labute approximate surface area is 204 Å². The second-order valence-corrected chi connectivity index (χ2v) is 10.2. The number of benzene rings is 1. The molecule has 0 aliphatic carbocycles. The summed E-state index contributed by atoms with van der Waals surface area (Å²) in [5.74, 6) is 1.51. The molecule has 0 radical (unpaired) electrons. The molecule has 1 N–H and O–H groups in total. The Balaban J connectivity index is 1.28. The third-order valence-electron chi connectivity index (χ3n) is 6.97. The average molecular weight is 478 g/mol. The summed E-state index contributed by atoms with van der Waals surface area (Å²) in [5.41, 5.74) is 2.26. The minimum absolute atomic E-state index is 0.0969. The number of likely N-dealkylation sites (tertiary alicyclic amines) is 2. The Morgan fingerprint density at radius 3 is 2.82 bits per heavy atom. The predicted molar refractivity (Wildman–Crippen MR) is 135 cm³/mol. The van der Waals surface area contributed by atoms with Crippen LogP contribution in [0.25, 0.3) is 10.2 Å². The van der Waals surface area contributed by atoms with Crippen LogP contribution >= 0.6 is 11.3 Å². The van der Waals surface area contributed by atoms with Crippen molar-refractivity contribution in [3.05, 3.63) is 52.7 Å². The van der Waals surface area contributed by atoms with E-state index in [4.69, 9.17) is 0 Å². The van der Waals surface area contributed by atoms with E-state index in [0.29, 0.717) is 12.3 Å². The van der Waals surface area contributed by atoms with E-state index < -0.39 is 0 Å². The van der Waals surface area contributed by atoms with Crippen molar-refractivity contribution >= 4 is 39.2 Å². The maximum Gasteiger partial charge on any atom is 0.264 e. The maximum absolute atomic E-state index is 13.5. The predicted octanol–water partition coefficient (Wildman–Crippen LogP) is 4.44. The zero-order valence-electron chi connectivity index (χ0n) is 19.6. The molecule has 2 aliphatic rings. The minimum Gasteiger partial charge on any atom is -0.369 e. The number of rotatable bonds is 7. The monoisotopic (exact) mass is 477 g/mol. The Morgan fingerprint density at radius 1 is 1.18 bits per heavy atom. The first-order valence-corrected chi connectivity index (χ1v) is 13.0. The highest BCUT2D eigenvalue weighted by Gasteiger charge is 2.28. The van der Waals surface area contributed by atoms with Crippen LogP contribution in [0.3, 0.4) is 0 Å². The second-order valence-electron chi connectivity index (χ2n) is 9.22. The van der Waals surface area contributed by atoms with Crippen molar-refractivity contribution in [2.45, 2.75) is 44.9 Å². The van der Waals surface area contributed by atoms with E-state index in [2.05, 4.69) is 39.6 Å². The highest BCUT2D eigenvalue weighted by molar-refractivity contribution is 7.20. The fraction of sp³-hybridized carbons (Fsp3) is 0.462. The largest absolute Gasteiger partial charge is 0.369 e. The van der Waals surface area contributed by atoms with Gasteiger partial charge in [0.25, 0.3) is 5.91 Å². The lowest BCUT2D eigenvalue weighted by Crippen LogP contribution is -2.39. The Kier molecular flexibility index (Phi) is 6.76. The van der Waals surface area contributed by atoms with E-state index in [1.807, 2.05) is 22.8 Å². The smallest absolute Gasteiger partial charge is 0.264 e. The molecule has 1 aromatic carbocycles. The van der Waals surface area contributed by atoms with E-state index in [9.17, 15) is 9.59 Å². The van der Waals surface area contributed by atoms with Crippen LogP contribution < -0.4 is 5.32 Å². The number of thiophene rings is 1. The van der Waals surface area contributed by atoms with Gasteiger partial charge in [0, 0.05) is 45.1 Å². The summed E-state index contributed by atoms with van der Waals surface area (Å²) in [5, 5.41) is 4.36. The molecule has 2 aliphatic heterocycles. The van der Waals surface area contributed by atoms with Crippen molar-refractivity contribution in [3.63, 3.8) is 0 Å². The van der Waals surface area contributed by atoms with E-state index >= 15 is 0 Å². The number of hydrogen-bond acceptors (Lipinski definition) is 6. The number of amides is 2. The van der Waals surface area contributed by atoms with Crippen LogP contribution in [0.2, 0.25) is 0 Å². The summed E-state index contributed by atoms with van der Waals surface area (Å²) < 4.78 is 0. The third kappa shape index (κ3) is 4.64. The van der Waals surface area contributed by atoms with Gasteiger partial charge in [-0.3, -0.25) is 9.59 Å². The summed E-state index contributed by atoms with van der Waals surface area (Å²) in [6.45, 7) is 5.91. The molecule has 3 aromatic rings. The lowest BCUT2D eigenvalue weighted by Gasteiger charge is -2.33. The molecular formula is C26H31N5O2S. The number of piperidine rings is 1. The van der Waals surface area contributed by atoms with Crippen molar-refractivity contribution in [3.8, 4) is 0 Å². The summed E-state index contributed by atoms with van der Waals surface area (Å²) in [6.07, 6.45) is 6.19. The molecule has 0 spiro atoms. The molecule has 178 valence electrons. The van der Waals surface area contributed by atoms with Crippen molar-refractivity contribution < 1.29 is 9.59 Å². The molecular weight excluding hydrogens is 446 g/mol. The van der Waals surface area contributed by atoms with Crippen LogP contribution in [0.1, 0.15) is 58.8 Å². The summed E-state index contributed by atoms with van der Waals surface area (Å²) >= 11 is 1.46. The Bertz CT molecular complexity index is 1180. The molecule has 2 saturated heterocycles. The van der Waals surface area contributed by atoms with Gasteiger partial charge in [-0.05, 0) is 43.7 Å². The van der Waals surface area contributed by atoms with Gasteiger partial charge in [0.15, 0.2) is 0 Å². The molecule has 0 saturated carbocycles. The number of hydrogen-bond donors (Lipinski definition) is 1. The standard InChI is InChI=1S/C26H31N5O2S/c1-18-22-24(27-12-7-15-30-13-6-11-21(30)32)28-17-29-25(22)34-23(18)26(33)31-14-5-10-20(16-31)19-8-3-2-4-9-19/h2-4,8-9,17,20H,5-7,10-16H2,1H3,(H,27,28,29). The number of aromatic nitrogens is 2. The molecule has 4 heterocycles. The third-order valence-corrected chi connectivity index (χ3v) is 8.16. The number of carbonyl (C=O) groups excluding carboxylic acids is 2. The topological polar surface area (TPSA) is 78.4 Å². The van der Waals surface area contributed by atoms with Crippen molar-refractivity contribution in [2.75, 3.05) is 38.0 Å². The number of nitrogens with one attached hydrogen (secondary N) is 1. The quantitative estimate of drug-likeness (QED) is 0.509. The first-order valence-electron chi connectivity index (χ1n) is 12.2. The van der Waals surface area contributed by atoms with Gasteiger partial charge in [0.2, 0.25) is 5.91 Å². The van der Waals surface area contributed by atoms with E-state index in [1.165, 1.54) is 16.9 Å². The Morgan fingerprint density at radius 2 is 2.03 bits per heavy atom. The zero-order valence-corrected chi connectivity index (χ0v) is 20.4. The summed E-state index contributed by atoms with van der Waals surface area (Å²) in [4.78, 5) is 39.8. The van der Waals surface area contributed by atoms with Crippen LogP contribution in [0.4, 0.5) is 5.82 Å². The van der Waals surface area contributed by atoms with Crippen LogP contribution in [-0.4, -0.2) is 64.3 Å². The number of anilines is 1. The van der Waals surface area contributed by atoms with Gasteiger partial charge in [0.05, 0.1) is 10.3 Å². The van der Waals surface area contributed by atoms with Gasteiger partial charge < -0.3 is 15.1 Å². The van der Waals surface area contributed by atoms with Gasteiger partial charge in [0.1, 0.15) is 17.0 Å². The molecule has 1 unspecified atom stereocenters. The van der Waals surface area contributed by atoms with Crippen molar-refractivity contribution in [1.82, 2.24) is 19.8 Å². The fourth-order valence-electron chi connectivity index (χ4n) is 5.13. The van der Waals surface area contributed by atoms with Crippen LogP contribution in [0.5, 0.6) is 0 Å². The number of carbonyl (C=O) groups is 2. The van der Waals surface area contributed by atoms with Gasteiger partial charge in [-0.15, -0.1) is 11.3 Å². The number of nitrogens with zero attached hydrogens (tertiary/aromatic N) is 4. The van der Waals surface area contributed by atoms with Crippen molar-refractivity contribution in [1.29, 1.82) is 0 Å². The first kappa shape index (κ1) is 22.8. The number of aryl methyl sites for hydroxylation is 1. The Hall–Kier alpha value is -3.00. The van der Waals surface area contributed by atoms with Crippen LogP contribution in [0, 0.1) is 6.92 Å². The van der Waals surface area contributed by atoms with E-state index in [1.54, 1.807) is 6.33 Å². The molecule has 0 bridgehead atoms. The average Bonchev–Trinajstić information content (AvgIpc) is 3.44. The van der Waals surface area contributed by atoms with Crippen LogP contribution in [-0.2, 0) is 4.79 Å². The maximum atomic E-state index is 13.5. The fourth-order valence-corrected chi connectivity index (χ4v) is 6.25. The molecule has 1 atom stereocenters. The van der Waals surface area contributed by atoms with Crippen molar-refractivity contribution in [2.24, 2.45) is 0 Å². The zero-order chi connectivity index (χ0) is 23.5. The lowest BCUT2D eigenvalue weighted by atomic mass is 9.90. The van der Waals surface area contributed by atoms with E-state index in [0.717, 1.165) is 84.9 Å². The molecule has 5 rings (SSSR count). The number of fused-ring (bicyclic) bond motifs is 1. The highest BCUT2D eigenvalue weighted by Crippen LogP contribution is 2.35. The van der Waals surface area contributed by atoms with Gasteiger partial charge >= 0.3 is 0 Å². The van der Waals surface area contributed by atoms with Gasteiger partial charge in [-0.2, -0.15) is 0 Å². The molecule has 2 fully saturated rings. The molecule has 2 amide bonds. The first-order chi connectivity index (χ1) is 16.6. The SMILES string of the molecule is Cc1c(C(=O)N2CCCC(c3ccccc3)C2)sc2ncnc(NCCCN3CCCC3=O)c12. The van der Waals surface area contributed by atoms with Crippen LogP contribution in [0.15, 0.2) is 36.7 Å². The molecule has 2 aromatic heterocycles. The van der Waals surface area contributed by atoms with E-state index in [-0.39, 0.29) is 11.8 Å². The molecule has 7 nitrogen and oxygen atoms in total. The van der Waals surface area contributed by atoms with Gasteiger partial charge in [-0.25, -0.2) is 9.97 Å². The second kappa shape index (κ2) is 10.1. The molecule has 34 heavy (non-hydrogen) atoms. The summed E-state index contributed by atoms with van der Waals surface area (Å²) in [7, 11) is 0.